The van der Waals surface area contributed by atoms with Crippen molar-refractivity contribution < 1.29 is 9.53 Å². The van der Waals surface area contributed by atoms with E-state index < -0.39 is 0 Å². The summed E-state index contributed by atoms with van der Waals surface area (Å²) >= 11 is 0. The average Bonchev–Trinajstić information content (AvgIpc) is 2.80. The van der Waals surface area contributed by atoms with E-state index in [1.54, 1.807) is 7.11 Å². The molecule has 4 rings (SSSR count). The highest BCUT2D eigenvalue weighted by molar-refractivity contribution is 5.78. The van der Waals surface area contributed by atoms with Crippen molar-refractivity contribution in [2.24, 2.45) is 0 Å². The van der Waals surface area contributed by atoms with E-state index in [0.717, 1.165) is 51.1 Å². The van der Waals surface area contributed by atoms with Crippen LogP contribution < -0.4 is 9.64 Å². The van der Waals surface area contributed by atoms with Crippen molar-refractivity contribution in [1.82, 2.24) is 14.7 Å². The topological polar surface area (TPSA) is 39.3 Å². The van der Waals surface area contributed by atoms with Crippen LogP contribution in [-0.2, 0) is 4.79 Å². The largest absolute Gasteiger partial charge is 0.497 e. The van der Waals surface area contributed by atoms with Gasteiger partial charge >= 0.3 is 0 Å². The molecule has 0 radical (unpaired) electrons. The Labute approximate surface area is 175 Å². The van der Waals surface area contributed by atoms with Crippen LogP contribution in [0.15, 0.2) is 24.3 Å². The maximum Gasteiger partial charge on any atom is 0.236 e. The Morgan fingerprint density at radius 2 is 1.55 bits per heavy atom. The Morgan fingerprint density at radius 3 is 2.17 bits per heavy atom. The molecule has 0 aliphatic carbocycles. The van der Waals surface area contributed by atoms with Crippen LogP contribution in [-0.4, -0.2) is 92.7 Å². The molecule has 160 valence electrons. The number of benzene rings is 1. The SMILES string of the molecule is COc1ccc(N2CCN(C(=O)CN3CCC(N4CCCCC4)CC3)CC2)cc1. The zero-order valence-electron chi connectivity index (χ0n) is 17.9. The number of hydrogen-bond donors (Lipinski definition) is 0. The number of likely N-dealkylation sites (tertiary alicyclic amines) is 2. The van der Waals surface area contributed by atoms with Gasteiger partial charge in [-0.25, -0.2) is 0 Å². The normalized spacial score (nSPS) is 22.7. The quantitative estimate of drug-likeness (QED) is 0.758. The van der Waals surface area contributed by atoms with Crippen LogP contribution in [0, 0.1) is 0 Å². The lowest BCUT2D eigenvalue weighted by molar-refractivity contribution is -0.133. The van der Waals surface area contributed by atoms with E-state index in [2.05, 4.69) is 31.7 Å². The minimum absolute atomic E-state index is 0.302. The summed E-state index contributed by atoms with van der Waals surface area (Å²) in [5.74, 6) is 1.18. The summed E-state index contributed by atoms with van der Waals surface area (Å²) in [6, 6.07) is 8.95. The summed E-state index contributed by atoms with van der Waals surface area (Å²) < 4.78 is 5.24. The summed E-state index contributed by atoms with van der Waals surface area (Å²) in [4.78, 5) is 22.3. The van der Waals surface area contributed by atoms with E-state index >= 15 is 0 Å². The molecule has 0 N–H and O–H groups in total. The smallest absolute Gasteiger partial charge is 0.236 e. The molecule has 3 aliphatic heterocycles. The first-order valence-electron chi connectivity index (χ1n) is 11.4. The Bertz CT molecular complexity index is 643. The molecule has 0 saturated carbocycles. The second-order valence-electron chi connectivity index (χ2n) is 8.67. The number of hydrogen-bond acceptors (Lipinski definition) is 5. The monoisotopic (exact) mass is 400 g/mol. The van der Waals surface area contributed by atoms with Crippen LogP contribution in [0.3, 0.4) is 0 Å². The third kappa shape index (κ3) is 5.23. The molecule has 1 aromatic carbocycles. The molecule has 3 heterocycles. The second-order valence-corrected chi connectivity index (χ2v) is 8.67. The minimum Gasteiger partial charge on any atom is -0.497 e. The number of piperazine rings is 1. The Hall–Kier alpha value is -1.79. The van der Waals surface area contributed by atoms with Gasteiger partial charge in [0.15, 0.2) is 0 Å². The Morgan fingerprint density at radius 1 is 0.897 bits per heavy atom. The first kappa shape index (κ1) is 20.5. The molecule has 0 atom stereocenters. The number of ether oxygens (including phenoxy) is 1. The lowest BCUT2D eigenvalue weighted by atomic mass is 10.00. The van der Waals surface area contributed by atoms with E-state index in [4.69, 9.17) is 4.74 Å². The molecule has 0 unspecified atom stereocenters. The first-order valence-corrected chi connectivity index (χ1v) is 11.4. The number of amides is 1. The van der Waals surface area contributed by atoms with Crippen LogP contribution in [0.5, 0.6) is 5.75 Å². The van der Waals surface area contributed by atoms with Crippen molar-refractivity contribution in [1.29, 1.82) is 0 Å². The highest BCUT2D eigenvalue weighted by Crippen LogP contribution is 2.22. The molecule has 6 heteroatoms. The van der Waals surface area contributed by atoms with Crippen LogP contribution >= 0.6 is 0 Å². The zero-order chi connectivity index (χ0) is 20.1. The summed E-state index contributed by atoms with van der Waals surface area (Å²) in [6.07, 6.45) is 6.56. The van der Waals surface area contributed by atoms with Crippen LogP contribution in [0.2, 0.25) is 0 Å². The summed E-state index contributed by atoms with van der Waals surface area (Å²) in [5.41, 5.74) is 1.21. The van der Waals surface area contributed by atoms with E-state index in [1.807, 2.05) is 12.1 Å². The lowest BCUT2D eigenvalue weighted by Crippen LogP contribution is -2.53. The van der Waals surface area contributed by atoms with Crippen LogP contribution in [0.25, 0.3) is 0 Å². The van der Waals surface area contributed by atoms with Crippen molar-refractivity contribution >= 4 is 11.6 Å². The molecule has 6 nitrogen and oxygen atoms in total. The van der Waals surface area contributed by atoms with Gasteiger partial charge < -0.3 is 19.4 Å². The Balaban J connectivity index is 1.19. The predicted molar refractivity (Wildman–Crippen MR) is 117 cm³/mol. The average molecular weight is 401 g/mol. The van der Waals surface area contributed by atoms with Crippen molar-refractivity contribution in [3.8, 4) is 5.75 Å². The maximum absolute atomic E-state index is 12.8. The number of carbonyl (C=O) groups excluding carboxylic acids is 1. The maximum atomic E-state index is 12.8. The first-order chi connectivity index (χ1) is 14.2. The van der Waals surface area contributed by atoms with E-state index in [9.17, 15) is 4.79 Å². The molecule has 3 saturated heterocycles. The number of anilines is 1. The van der Waals surface area contributed by atoms with Crippen LogP contribution in [0.1, 0.15) is 32.1 Å². The molecule has 0 spiro atoms. The molecule has 3 fully saturated rings. The van der Waals surface area contributed by atoms with Crippen molar-refractivity contribution in [2.45, 2.75) is 38.1 Å². The van der Waals surface area contributed by atoms with Gasteiger partial charge in [0.25, 0.3) is 0 Å². The molecule has 0 bridgehead atoms. The Kier molecular flexibility index (Phi) is 6.93. The lowest BCUT2D eigenvalue weighted by Gasteiger charge is -2.41. The van der Waals surface area contributed by atoms with Gasteiger partial charge in [-0.1, -0.05) is 6.42 Å². The third-order valence-corrected chi connectivity index (χ3v) is 6.89. The number of rotatable bonds is 5. The van der Waals surface area contributed by atoms with Gasteiger partial charge in [-0.2, -0.15) is 0 Å². The molecular formula is C23H36N4O2. The second kappa shape index (κ2) is 9.81. The number of carbonyl (C=O) groups is 1. The van der Waals surface area contributed by atoms with Gasteiger partial charge in [0.2, 0.25) is 5.91 Å². The molecule has 1 amide bonds. The standard InChI is InChI=1S/C23H36N4O2/c1-29-22-7-5-20(6-8-22)26-15-17-27(18-16-26)23(28)19-24-13-9-21(10-14-24)25-11-3-2-4-12-25/h5-8,21H,2-4,9-19H2,1H3. The molecule has 0 aromatic heterocycles. The summed E-state index contributed by atoms with van der Waals surface area (Å²) in [7, 11) is 1.69. The van der Waals surface area contributed by atoms with Crippen molar-refractivity contribution in [2.75, 3.05) is 70.9 Å². The number of nitrogens with zero attached hydrogens (tertiary/aromatic N) is 4. The van der Waals surface area contributed by atoms with E-state index in [-0.39, 0.29) is 0 Å². The highest BCUT2D eigenvalue weighted by Gasteiger charge is 2.28. The molecule has 29 heavy (non-hydrogen) atoms. The van der Waals surface area contributed by atoms with Gasteiger partial charge in [0, 0.05) is 51.0 Å². The highest BCUT2D eigenvalue weighted by atomic mass is 16.5. The number of methoxy groups -OCH3 is 1. The van der Waals surface area contributed by atoms with Crippen molar-refractivity contribution in [3.05, 3.63) is 24.3 Å². The summed E-state index contributed by atoms with van der Waals surface area (Å²) in [6.45, 7) is 8.71. The molecular weight excluding hydrogens is 364 g/mol. The minimum atomic E-state index is 0.302. The van der Waals surface area contributed by atoms with Crippen LogP contribution in [0.4, 0.5) is 5.69 Å². The van der Waals surface area contributed by atoms with E-state index in [1.165, 1.54) is 50.9 Å². The molecule has 1 aromatic rings. The fourth-order valence-electron chi connectivity index (χ4n) is 5.02. The predicted octanol–water partition coefficient (Wildman–Crippen LogP) is 2.29. The van der Waals surface area contributed by atoms with E-state index in [0.29, 0.717) is 12.5 Å². The molecule has 3 aliphatic rings. The third-order valence-electron chi connectivity index (χ3n) is 6.89. The number of piperidine rings is 2. The van der Waals surface area contributed by atoms with Crippen molar-refractivity contribution in [3.63, 3.8) is 0 Å². The van der Waals surface area contributed by atoms with Gasteiger partial charge in [-0.15, -0.1) is 0 Å². The van der Waals surface area contributed by atoms with Gasteiger partial charge in [0.05, 0.1) is 13.7 Å². The van der Waals surface area contributed by atoms with Gasteiger partial charge in [-0.3, -0.25) is 9.69 Å². The zero-order valence-corrected chi connectivity index (χ0v) is 17.9. The fraction of sp³-hybridized carbons (Fsp3) is 0.696. The van der Waals surface area contributed by atoms with Gasteiger partial charge in [-0.05, 0) is 63.0 Å². The van der Waals surface area contributed by atoms with Gasteiger partial charge in [0.1, 0.15) is 5.75 Å². The summed E-state index contributed by atoms with van der Waals surface area (Å²) in [5, 5.41) is 0. The fourth-order valence-corrected chi connectivity index (χ4v) is 5.02.